The lowest BCUT2D eigenvalue weighted by molar-refractivity contribution is -0.136. The van der Waals surface area contributed by atoms with Crippen molar-refractivity contribution in [2.75, 3.05) is 13.2 Å². The Bertz CT molecular complexity index is 1740. The van der Waals surface area contributed by atoms with Crippen LogP contribution in [0.2, 0.25) is 0 Å². The molecular formula is C39H57N9O10. The zero-order valence-corrected chi connectivity index (χ0v) is 33.5. The average Bonchev–Trinajstić information content (AvgIpc) is 3.17. The highest BCUT2D eigenvalue weighted by atomic mass is 16.3. The fourth-order valence-electron chi connectivity index (χ4n) is 5.44. The molecule has 0 fully saturated rings. The molecule has 7 atom stereocenters. The molecule has 0 aliphatic carbocycles. The summed E-state index contributed by atoms with van der Waals surface area (Å²) in [5.74, 6) is -6.95. The largest absolute Gasteiger partial charge is 0.508 e. The van der Waals surface area contributed by atoms with Crippen LogP contribution < -0.4 is 48.7 Å². The average molecular weight is 812 g/mol. The minimum atomic E-state index is -1.58. The lowest BCUT2D eigenvalue weighted by Crippen LogP contribution is -2.61. The third-order valence-electron chi connectivity index (χ3n) is 8.89. The highest BCUT2D eigenvalue weighted by Gasteiger charge is 2.33. The second-order valence-corrected chi connectivity index (χ2v) is 14.6. The Balaban J connectivity index is 2.10. The maximum atomic E-state index is 13.6. The summed E-state index contributed by atoms with van der Waals surface area (Å²) in [4.78, 5) is 103. The van der Waals surface area contributed by atoms with E-state index in [9.17, 15) is 48.6 Å². The predicted octanol–water partition coefficient (Wildman–Crippen LogP) is -2.64. The molecule has 0 aliphatic rings. The molecule has 13 N–H and O–H groups in total. The quantitative estimate of drug-likeness (QED) is 0.0584. The van der Waals surface area contributed by atoms with Crippen LogP contribution in [-0.4, -0.2) is 113 Å². The number of phenols is 1. The number of hydrogen-bond acceptors (Lipinski definition) is 11. The molecule has 2 rings (SSSR count). The molecule has 0 spiro atoms. The van der Waals surface area contributed by atoms with Crippen LogP contribution in [0.5, 0.6) is 5.75 Å². The number of nitrogens with one attached hydrogen (secondary N) is 7. The summed E-state index contributed by atoms with van der Waals surface area (Å²) in [6, 6.07) is 6.19. The van der Waals surface area contributed by atoms with Crippen LogP contribution in [0.25, 0.3) is 0 Å². The van der Waals surface area contributed by atoms with E-state index in [4.69, 9.17) is 11.5 Å². The Morgan fingerprint density at radius 2 is 1.02 bits per heavy atom. The van der Waals surface area contributed by atoms with Crippen molar-refractivity contribution in [1.29, 1.82) is 0 Å². The molecule has 0 saturated heterocycles. The van der Waals surface area contributed by atoms with Gasteiger partial charge >= 0.3 is 0 Å². The van der Waals surface area contributed by atoms with Gasteiger partial charge in [0.1, 0.15) is 42.0 Å². The Kier molecular flexibility index (Phi) is 19.2. The third kappa shape index (κ3) is 15.8. The first-order valence-corrected chi connectivity index (χ1v) is 18.8. The summed E-state index contributed by atoms with van der Waals surface area (Å²) in [5.41, 5.74) is 12.5. The van der Waals surface area contributed by atoms with Crippen molar-refractivity contribution >= 4 is 47.3 Å². The van der Waals surface area contributed by atoms with Gasteiger partial charge < -0.3 is 58.9 Å². The molecule has 19 nitrogen and oxygen atoms in total. The first-order valence-electron chi connectivity index (χ1n) is 18.8. The number of carbonyl (C=O) groups excluding carboxylic acids is 8. The van der Waals surface area contributed by atoms with Crippen LogP contribution in [0.15, 0.2) is 54.6 Å². The molecule has 19 heteroatoms. The number of rotatable bonds is 22. The monoisotopic (exact) mass is 811 g/mol. The van der Waals surface area contributed by atoms with Gasteiger partial charge in [-0.05, 0) is 55.4 Å². The number of aliphatic hydroxyl groups is 1. The third-order valence-corrected chi connectivity index (χ3v) is 8.89. The van der Waals surface area contributed by atoms with E-state index < -0.39 is 115 Å². The first-order chi connectivity index (χ1) is 27.2. The number of amides is 8. The maximum Gasteiger partial charge on any atom is 0.245 e. The van der Waals surface area contributed by atoms with Crippen LogP contribution in [-0.2, 0) is 51.2 Å². The molecule has 0 saturated carbocycles. The van der Waals surface area contributed by atoms with Crippen LogP contribution >= 0.6 is 0 Å². The van der Waals surface area contributed by atoms with Gasteiger partial charge in [-0.15, -0.1) is 0 Å². The summed E-state index contributed by atoms with van der Waals surface area (Å²) >= 11 is 0. The molecule has 0 aliphatic heterocycles. The Hall–Kier alpha value is -6.08. The van der Waals surface area contributed by atoms with Gasteiger partial charge in [0.15, 0.2) is 0 Å². The highest BCUT2D eigenvalue weighted by molar-refractivity contribution is 5.97. The number of nitrogens with two attached hydrogens (primary N) is 2. The van der Waals surface area contributed by atoms with E-state index in [0.29, 0.717) is 11.1 Å². The molecule has 2 aromatic carbocycles. The van der Waals surface area contributed by atoms with E-state index in [1.54, 1.807) is 70.2 Å². The van der Waals surface area contributed by atoms with E-state index in [0.717, 1.165) is 0 Å². The van der Waals surface area contributed by atoms with Crippen molar-refractivity contribution in [1.82, 2.24) is 37.2 Å². The van der Waals surface area contributed by atoms with Crippen molar-refractivity contribution in [3.05, 3.63) is 65.7 Å². The van der Waals surface area contributed by atoms with Gasteiger partial charge in [-0.25, -0.2) is 0 Å². The zero-order valence-electron chi connectivity index (χ0n) is 33.5. The standard InChI is InChI=1S/C39H57N9O10/c1-20(2)31(38(57)42-18-30(41)51)48-39(58)32(21(3)4)47-34(53)23(6)44-37(56)29(19-49)46-36(55)28(17-24-10-8-7-9-11-24)45-33(52)22(5)43-35(54)27(40)16-25-12-14-26(50)15-13-25/h7-15,20-23,27-29,31-32,49-50H,16-19,40H2,1-6H3,(H2,41,51)(H,42,57)(H,43,54)(H,44,56)(H,45,52)(H,46,55)(H,47,53)(H,48,58)/t22-,23-,27+,28+,29+,31+,32+/m1/s1. The van der Waals surface area contributed by atoms with E-state index in [2.05, 4.69) is 37.2 Å². The Morgan fingerprint density at radius 3 is 1.55 bits per heavy atom. The van der Waals surface area contributed by atoms with Crippen LogP contribution in [0, 0.1) is 11.8 Å². The minimum Gasteiger partial charge on any atom is -0.508 e. The number of benzene rings is 2. The van der Waals surface area contributed by atoms with E-state index in [1.807, 2.05) is 0 Å². The highest BCUT2D eigenvalue weighted by Crippen LogP contribution is 2.12. The lowest BCUT2D eigenvalue weighted by Gasteiger charge is -2.28. The maximum absolute atomic E-state index is 13.6. The van der Waals surface area contributed by atoms with Crippen molar-refractivity contribution in [3.8, 4) is 5.75 Å². The van der Waals surface area contributed by atoms with Gasteiger partial charge in [-0.2, -0.15) is 0 Å². The minimum absolute atomic E-state index is 0.0405. The first kappa shape index (κ1) is 48.1. The van der Waals surface area contributed by atoms with Gasteiger partial charge in [0.25, 0.3) is 0 Å². The molecule has 0 aromatic heterocycles. The van der Waals surface area contributed by atoms with E-state index >= 15 is 0 Å². The van der Waals surface area contributed by atoms with Gasteiger partial charge in [-0.1, -0.05) is 70.2 Å². The summed E-state index contributed by atoms with van der Waals surface area (Å²) < 4.78 is 0. The molecule has 0 radical (unpaired) electrons. The smallest absolute Gasteiger partial charge is 0.245 e. The summed E-state index contributed by atoms with van der Waals surface area (Å²) in [7, 11) is 0. The molecule has 8 amide bonds. The van der Waals surface area contributed by atoms with Crippen molar-refractivity contribution < 1.29 is 48.6 Å². The van der Waals surface area contributed by atoms with E-state index in [1.165, 1.54) is 26.0 Å². The number of phenolic OH excluding ortho intramolecular Hbond substituents is 1. The summed E-state index contributed by atoms with van der Waals surface area (Å²) in [6.45, 7) is 8.03. The summed E-state index contributed by atoms with van der Waals surface area (Å²) in [5, 5.41) is 37.0. The second kappa shape index (κ2) is 23.2. The van der Waals surface area contributed by atoms with Gasteiger partial charge in [0, 0.05) is 6.42 Å². The van der Waals surface area contributed by atoms with E-state index in [-0.39, 0.29) is 18.6 Å². The molecule has 0 unspecified atom stereocenters. The fraction of sp³-hybridized carbons (Fsp3) is 0.487. The number of aromatic hydroxyl groups is 1. The molecular weight excluding hydrogens is 754 g/mol. The molecule has 58 heavy (non-hydrogen) atoms. The number of aliphatic hydroxyl groups excluding tert-OH is 1. The molecule has 2 aromatic rings. The number of hydrogen-bond donors (Lipinski definition) is 11. The van der Waals surface area contributed by atoms with Gasteiger partial charge in [-0.3, -0.25) is 38.4 Å². The lowest BCUT2D eigenvalue weighted by atomic mass is 9.99. The van der Waals surface area contributed by atoms with Gasteiger partial charge in [0.05, 0.1) is 19.2 Å². The van der Waals surface area contributed by atoms with Crippen molar-refractivity contribution in [3.63, 3.8) is 0 Å². The molecule has 0 bridgehead atoms. The normalized spacial score (nSPS) is 14.7. The predicted molar refractivity (Wildman–Crippen MR) is 212 cm³/mol. The topological polar surface area (TPSA) is 313 Å². The van der Waals surface area contributed by atoms with Crippen LogP contribution in [0.4, 0.5) is 0 Å². The van der Waals surface area contributed by atoms with Crippen molar-refractivity contribution in [2.24, 2.45) is 23.3 Å². The second-order valence-electron chi connectivity index (χ2n) is 14.6. The fourth-order valence-corrected chi connectivity index (χ4v) is 5.44. The van der Waals surface area contributed by atoms with Crippen LogP contribution in [0.1, 0.15) is 52.7 Å². The SMILES string of the molecule is CC(C)[C@H](NC(=O)[C@@H](NC(=O)[C@@H](C)NC(=O)[C@H](CO)NC(=O)[C@H](Cc1ccccc1)NC(=O)[C@@H](C)NC(=O)[C@@H](N)Cc1ccc(O)cc1)C(C)C)C(=O)NCC(N)=O. The van der Waals surface area contributed by atoms with Crippen molar-refractivity contribution in [2.45, 2.75) is 96.7 Å². The number of primary amides is 1. The number of carbonyl (C=O) groups is 8. The molecule has 0 heterocycles. The summed E-state index contributed by atoms with van der Waals surface area (Å²) in [6.07, 6.45) is 0.0821. The Labute approximate surface area is 337 Å². The zero-order chi connectivity index (χ0) is 43.7. The molecule has 318 valence electrons. The van der Waals surface area contributed by atoms with Gasteiger partial charge in [0.2, 0.25) is 47.3 Å². The van der Waals surface area contributed by atoms with Crippen LogP contribution in [0.3, 0.4) is 0 Å². The Morgan fingerprint density at radius 1 is 0.552 bits per heavy atom.